The van der Waals surface area contributed by atoms with Crippen LogP contribution in [0.3, 0.4) is 0 Å². The number of carbonyl (C=O) groups is 2. The monoisotopic (exact) mass is 351 g/mol. The molecule has 5 nitrogen and oxygen atoms in total. The van der Waals surface area contributed by atoms with Crippen molar-refractivity contribution in [1.29, 1.82) is 0 Å². The minimum absolute atomic E-state index is 0.157. The maximum Gasteiger partial charge on any atom is 0.338 e. The first kappa shape index (κ1) is 17.7. The van der Waals surface area contributed by atoms with E-state index in [-0.39, 0.29) is 5.56 Å². The Morgan fingerprint density at radius 3 is 2.50 bits per heavy atom. The molecule has 0 spiro atoms. The maximum absolute atomic E-state index is 12.8. The minimum Gasteiger partial charge on any atom is -0.495 e. The van der Waals surface area contributed by atoms with Gasteiger partial charge in [-0.15, -0.1) is 0 Å². The van der Waals surface area contributed by atoms with E-state index in [9.17, 15) is 14.0 Å². The molecular weight excluding hydrogens is 337 g/mol. The van der Waals surface area contributed by atoms with Crippen LogP contribution in [0.2, 0.25) is 5.02 Å². The van der Waals surface area contributed by atoms with E-state index in [1.807, 2.05) is 0 Å². The molecular formula is C17H15ClFNO4. The van der Waals surface area contributed by atoms with Crippen molar-refractivity contribution in [2.75, 3.05) is 19.0 Å². The summed E-state index contributed by atoms with van der Waals surface area (Å²) in [6.45, 7) is 1.30. The van der Waals surface area contributed by atoms with Gasteiger partial charge < -0.3 is 14.8 Å². The number of benzene rings is 2. The lowest BCUT2D eigenvalue weighted by Crippen LogP contribution is -2.21. The van der Waals surface area contributed by atoms with Crippen LogP contribution in [-0.4, -0.2) is 25.6 Å². The molecule has 0 heterocycles. The largest absolute Gasteiger partial charge is 0.495 e. The van der Waals surface area contributed by atoms with E-state index < -0.39 is 24.3 Å². The van der Waals surface area contributed by atoms with Gasteiger partial charge in [-0.2, -0.15) is 0 Å². The Balaban J connectivity index is 1.97. The standard InChI is InChI=1S/C17H15ClFNO4/c1-10-7-14(15(23-2)8-13(10)18)20-16(21)9-24-17(22)11-3-5-12(19)6-4-11/h3-8H,9H2,1-2H3,(H,20,21). The molecule has 0 aromatic heterocycles. The molecule has 0 atom stereocenters. The number of carbonyl (C=O) groups excluding carboxylic acids is 2. The number of hydrogen-bond acceptors (Lipinski definition) is 4. The van der Waals surface area contributed by atoms with Crippen molar-refractivity contribution in [3.63, 3.8) is 0 Å². The van der Waals surface area contributed by atoms with Gasteiger partial charge in [-0.25, -0.2) is 9.18 Å². The lowest BCUT2D eigenvalue weighted by molar-refractivity contribution is -0.119. The molecule has 126 valence electrons. The number of methoxy groups -OCH3 is 1. The fraction of sp³-hybridized carbons (Fsp3) is 0.176. The number of halogens is 2. The summed E-state index contributed by atoms with van der Waals surface area (Å²) < 4.78 is 22.8. The van der Waals surface area contributed by atoms with Gasteiger partial charge in [0, 0.05) is 11.1 Å². The molecule has 0 bridgehead atoms. The van der Waals surface area contributed by atoms with Crippen molar-refractivity contribution < 1.29 is 23.5 Å². The topological polar surface area (TPSA) is 64.6 Å². The molecule has 2 aromatic carbocycles. The molecule has 2 aromatic rings. The van der Waals surface area contributed by atoms with Crippen LogP contribution >= 0.6 is 11.6 Å². The van der Waals surface area contributed by atoms with E-state index in [0.717, 1.165) is 17.7 Å². The summed E-state index contributed by atoms with van der Waals surface area (Å²) in [5.74, 6) is -1.33. The predicted octanol–water partition coefficient (Wildman–Crippen LogP) is 3.59. The smallest absolute Gasteiger partial charge is 0.338 e. The lowest BCUT2D eigenvalue weighted by Gasteiger charge is -2.12. The zero-order valence-corrected chi connectivity index (χ0v) is 13.8. The first-order valence-corrected chi connectivity index (χ1v) is 7.35. The number of nitrogens with one attached hydrogen (secondary N) is 1. The van der Waals surface area contributed by atoms with Crippen molar-refractivity contribution >= 4 is 29.2 Å². The molecule has 7 heteroatoms. The average Bonchev–Trinajstić information content (AvgIpc) is 2.56. The van der Waals surface area contributed by atoms with Crippen LogP contribution < -0.4 is 10.1 Å². The summed E-state index contributed by atoms with van der Waals surface area (Å²) in [5.41, 5.74) is 1.34. The normalized spacial score (nSPS) is 10.2. The highest BCUT2D eigenvalue weighted by molar-refractivity contribution is 6.31. The molecule has 24 heavy (non-hydrogen) atoms. The Morgan fingerprint density at radius 2 is 1.88 bits per heavy atom. The molecule has 0 aliphatic heterocycles. The summed E-state index contributed by atoms with van der Waals surface area (Å²) in [7, 11) is 1.45. The molecule has 0 aliphatic carbocycles. The third kappa shape index (κ3) is 4.45. The predicted molar refractivity (Wildman–Crippen MR) is 88.1 cm³/mol. The highest BCUT2D eigenvalue weighted by Gasteiger charge is 2.13. The Labute approximate surface area is 143 Å². The second-order valence-electron chi connectivity index (χ2n) is 4.93. The second-order valence-corrected chi connectivity index (χ2v) is 5.34. The number of hydrogen-bond donors (Lipinski definition) is 1. The van der Waals surface area contributed by atoms with Gasteiger partial charge in [0.25, 0.3) is 5.91 Å². The van der Waals surface area contributed by atoms with Gasteiger partial charge in [-0.1, -0.05) is 11.6 Å². The highest BCUT2D eigenvalue weighted by Crippen LogP contribution is 2.30. The van der Waals surface area contributed by atoms with Gasteiger partial charge in [-0.3, -0.25) is 4.79 Å². The van der Waals surface area contributed by atoms with Gasteiger partial charge >= 0.3 is 5.97 Å². The van der Waals surface area contributed by atoms with Crippen LogP contribution in [0, 0.1) is 12.7 Å². The number of amides is 1. The highest BCUT2D eigenvalue weighted by atomic mass is 35.5. The van der Waals surface area contributed by atoms with Crippen LogP contribution in [0.15, 0.2) is 36.4 Å². The molecule has 2 rings (SSSR count). The zero-order chi connectivity index (χ0) is 17.7. The molecule has 1 amide bonds. The third-order valence-corrected chi connectivity index (χ3v) is 3.58. The first-order chi connectivity index (χ1) is 11.4. The van der Waals surface area contributed by atoms with Crippen LogP contribution in [0.4, 0.5) is 10.1 Å². The number of aryl methyl sites for hydroxylation is 1. The quantitative estimate of drug-likeness (QED) is 0.836. The Kier molecular flexibility index (Phi) is 5.76. The molecule has 0 fully saturated rings. The van der Waals surface area contributed by atoms with Gasteiger partial charge in [0.05, 0.1) is 18.4 Å². The third-order valence-electron chi connectivity index (χ3n) is 3.17. The Hall–Kier alpha value is -2.60. The van der Waals surface area contributed by atoms with Crippen molar-refractivity contribution in [1.82, 2.24) is 0 Å². The average molecular weight is 352 g/mol. The Morgan fingerprint density at radius 1 is 1.21 bits per heavy atom. The van der Waals surface area contributed by atoms with Gasteiger partial charge in [0.2, 0.25) is 0 Å². The van der Waals surface area contributed by atoms with Gasteiger partial charge in [0.15, 0.2) is 6.61 Å². The lowest BCUT2D eigenvalue weighted by atomic mass is 10.2. The number of ether oxygens (including phenoxy) is 2. The SMILES string of the molecule is COc1cc(Cl)c(C)cc1NC(=O)COC(=O)c1ccc(F)cc1. The van der Waals surface area contributed by atoms with Crippen molar-refractivity contribution in [3.05, 3.63) is 58.4 Å². The summed E-state index contributed by atoms with van der Waals surface area (Å²) in [5, 5.41) is 3.09. The molecule has 0 radical (unpaired) electrons. The molecule has 0 saturated carbocycles. The van der Waals surface area contributed by atoms with Gasteiger partial charge in [-0.05, 0) is 42.8 Å². The van der Waals surface area contributed by atoms with E-state index >= 15 is 0 Å². The number of rotatable bonds is 5. The maximum atomic E-state index is 12.8. The summed E-state index contributed by atoms with van der Waals surface area (Å²) in [4.78, 5) is 23.7. The van der Waals surface area contributed by atoms with Crippen molar-refractivity contribution in [3.8, 4) is 5.75 Å². The summed E-state index contributed by atoms with van der Waals surface area (Å²) in [6, 6.07) is 8.07. The van der Waals surface area contributed by atoms with Crippen LogP contribution in [0.1, 0.15) is 15.9 Å². The van der Waals surface area contributed by atoms with E-state index in [1.54, 1.807) is 19.1 Å². The molecule has 0 aliphatic rings. The van der Waals surface area contributed by atoms with E-state index in [4.69, 9.17) is 21.1 Å². The summed E-state index contributed by atoms with van der Waals surface area (Å²) in [6.07, 6.45) is 0. The Bertz CT molecular complexity index is 762. The van der Waals surface area contributed by atoms with Crippen LogP contribution in [0.25, 0.3) is 0 Å². The van der Waals surface area contributed by atoms with Gasteiger partial charge in [0.1, 0.15) is 11.6 Å². The molecule has 1 N–H and O–H groups in total. The molecule has 0 unspecified atom stereocenters. The van der Waals surface area contributed by atoms with Crippen molar-refractivity contribution in [2.45, 2.75) is 6.92 Å². The molecule has 0 saturated heterocycles. The van der Waals surface area contributed by atoms with Crippen LogP contribution in [0.5, 0.6) is 5.75 Å². The zero-order valence-electron chi connectivity index (χ0n) is 13.1. The first-order valence-electron chi connectivity index (χ1n) is 6.97. The summed E-state index contributed by atoms with van der Waals surface area (Å²) >= 11 is 5.99. The fourth-order valence-corrected chi connectivity index (χ4v) is 2.07. The minimum atomic E-state index is -0.718. The number of anilines is 1. The fourth-order valence-electron chi connectivity index (χ4n) is 1.92. The van der Waals surface area contributed by atoms with E-state index in [1.165, 1.54) is 19.2 Å². The second kappa shape index (κ2) is 7.79. The van der Waals surface area contributed by atoms with E-state index in [2.05, 4.69) is 5.32 Å². The van der Waals surface area contributed by atoms with Crippen LogP contribution in [-0.2, 0) is 9.53 Å². The number of esters is 1. The van der Waals surface area contributed by atoms with E-state index in [0.29, 0.717) is 16.5 Å². The van der Waals surface area contributed by atoms with Crippen molar-refractivity contribution in [2.24, 2.45) is 0 Å².